The van der Waals surface area contributed by atoms with Gasteiger partial charge in [0.1, 0.15) is 9.97 Å². The van der Waals surface area contributed by atoms with Crippen LogP contribution in [0, 0.1) is 13.8 Å². The maximum Gasteiger partial charge on any atom is 0.252 e. The molecule has 2 aromatic rings. The molecule has 0 bridgehead atoms. The molecule has 0 aliphatic rings. The second kappa shape index (κ2) is 5.35. The molecule has 0 fully saturated rings. The summed E-state index contributed by atoms with van der Waals surface area (Å²) < 4.78 is 32.1. The number of rotatable bonds is 4. The predicted octanol–water partition coefficient (Wildman–Crippen LogP) is 2.94. The van der Waals surface area contributed by atoms with E-state index >= 15 is 0 Å². The minimum absolute atomic E-state index is 0.189. The highest BCUT2D eigenvalue weighted by Crippen LogP contribution is 2.32. The number of nitrogens with zero attached hydrogens (tertiary/aromatic N) is 2. The number of halogens is 1. The fraction of sp³-hybridized carbons (Fsp3) is 0.364. The van der Waals surface area contributed by atoms with Gasteiger partial charge in [-0.25, -0.2) is 8.42 Å². The molecule has 2 aromatic heterocycles. The van der Waals surface area contributed by atoms with Crippen molar-refractivity contribution in [2.45, 2.75) is 24.6 Å². The molecule has 2 heterocycles. The molecule has 0 radical (unpaired) electrons. The van der Waals surface area contributed by atoms with Crippen molar-refractivity contribution >= 4 is 37.3 Å². The van der Waals surface area contributed by atoms with Crippen LogP contribution in [0.5, 0.6) is 0 Å². The Labute approximate surface area is 124 Å². The van der Waals surface area contributed by atoms with Crippen molar-refractivity contribution in [3.8, 4) is 0 Å². The summed E-state index contributed by atoms with van der Waals surface area (Å²) in [5.74, 6) is 0.663. The van der Waals surface area contributed by atoms with Crippen LogP contribution in [0.4, 0.5) is 0 Å². The van der Waals surface area contributed by atoms with E-state index in [4.69, 9.17) is 4.52 Å². The van der Waals surface area contributed by atoms with Crippen molar-refractivity contribution in [2.75, 3.05) is 7.05 Å². The largest absolute Gasteiger partial charge is 0.361 e. The molecule has 0 N–H and O–H groups in total. The summed E-state index contributed by atoms with van der Waals surface area (Å²) in [6.45, 7) is 3.82. The molecular weight excluding hydrogens is 352 g/mol. The Morgan fingerprint density at radius 1 is 1.42 bits per heavy atom. The molecular formula is C11H13BrN2O3S2. The second-order valence-electron chi connectivity index (χ2n) is 4.21. The van der Waals surface area contributed by atoms with Crippen LogP contribution in [0.3, 0.4) is 0 Å². The van der Waals surface area contributed by atoms with E-state index in [1.807, 2.05) is 6.92 Å². The van der Waals surface area contributed by atoms with Gasteiger partial charge in [-0.2, -0.15) is 4.31 Å². The third kappa shape index (κ3) is 3.07. The predicted molar refractivity (Wildman–Crippen MR) is 76.6 cm³/mol. The van der Waals surface area contributed by atoms with Gasteiger partial charge in [-0.3, -0.25) is 0 Å². The first-order chi connectivity index (χ1) is 8.80. The number of thiophene rings is 1. The lowest BCUT2D eigenvalue weighted by Crippen LogP contribution is -2.25. The molecule has 5 nitrogen and oxygen atoms in total. The lowest BCUT2D eigenvalue weighted by molar-refractivity contribution is 0.378. The van der Waals surface area contributed by atoms with Crippen LogP contribution in [-0.2, 0) is 16.6 Å². The Balaban J connectivity index is 2.24. The number of aromatic nitrogens is 1. The van der Waals surface area contributed by atoms with E-state index in [9.17, 15) is 8.42 Å². The van der Waals surface area contributed by atoms with Crippen LogP contribution >= 0.6 is 27.3 Å². The fourth-order valence-corrected chi connectivity index (χ4v) is 5.10. The smallest absolute Gasteiger partial charge is 0.252 e. The van der Waals surface area contributed by atoms with Gasteiger partial charge < -0.3 is 4.52 Å². The van der Waals surface area contributed by atoms with Crippen molar-refractivity contribution in [1.82, 2.24) is 9.46 Å². The molecule has 0 saturated carbocycles. The third-order valence-corrected chi connectivity index (χ3v) is 6.95. The van der Waals surface area contributed by atoms with Gasteiger partial charge in [0.25, 0.3) is 10.0 Å². The first kappa shape index (κ1) is 14.7. The Bertz CT molecular complexity index is 671. The number of hydrogen-bond acceptors (Lipinski definition) is 5. The lowest BCUT2D eigenvalue weighted by atomic mass is 10.4. The van der Waals surface area contributed by atoms with Crippen molar-refractivity contribution in [3.63, 3.8) is 0 Å². The van der Waals surface area contributed by atoms with Crippen molar-refractivity contribution in [3.05, 3.63) is 32.9 Å². The van der Waals surface area contributed by atoms with Gasteiger partial charge in [-0.05, 0) is 41.4 Å². The molecule has 2 rings (SSSR count). The van der Waals surface area contributed by atoms with E-state index in [-0.39, 0.29) is 6.54 Å². The summed E-state index contributed by atoms with van der Waals surface area (Å²) in [4.78, 5) is 0. The quantitative estimate of drug-likeness (QED) is 0.836. The molecule has 0 aliphatic carbocycles. The lowest BCUT2D eigenvalue weighted by Gasteiger charge is -2.13. The molecule has 0 atom stereocenters. The van der Waals surface area contributed by atoms with E-state index in [2.05, 4.69) is 21.1 Å². The zero-order chi connectivity index (χ0) is 14.2. The van der Waals surface area contributed by atoms with Gasteiger partial charge in [0, 0.05) is 13.1 Å². The maximum atomic E-state index is 12.4. The SMILES string of the molecule is Cc1cc(CN(C)S(=O)(=O)c2cc(C)c(Br)s2)no1. The normalized spacial score (nSPS) is 12.3. The first-order valence-corrected chi connectivity index (χ1v) is 8.50. The minimum atomic E-state index is -3.49. The van der Waals surface area contributed by atoms with Gasteiger partial charge >= 0.3 is 0 Å². The second-order valence-corrected chi connectivity index (χ2v) is 8.85. The van der Waals surface area contributed by atoms with Crippen molar-refractivity contribution in [2.24, 2.45) is 0 Å². The highest BCUT2D eigenvalue weighted by molar-refractivity contribution is 9.11. The van der Waals surface area contributed by atoms with E-state index in [1.54, 1.807) is 19.1 Å². The molecule has 104 valence electrons. The molecule has 0 saturated heterocycles. The molecule has 0 aliphatic heterocycles. The Kier molecular flexibility index (Phi) is 4.14. The van der Waals surface area contributed by atoms with Crippen LogP contribution in [0.1, 0.15) is 17.0 Å². The van der Waals surface area contributed by atoms with Crippen LogP contribution in [0.25, 0.3) is 0 Å². The van der Waals surface area contributed by atoms with Crippen LogP contribution in [0.2, 0.25) is 0 Å². The zero-order valence-corrected chi connectivity index (χ0v) is 13.9. The van der Waals surface area contributed by atoms with E-state index in [0.717, 1.165) is 9.35 Å². The maximum absolute atomic E-state index is 12.4. The summed E-state index contributed by atoms with van der Waals surface area (Å²) >= 11 is 4.54. The molecule has 0 amide bonds. The van der Waals surface area contributed by atoms with Crippen molar-refractivity contribution in [1.29, 1.82) is 0 Å². The molecule has 0 spiro atoms. The van der Waals surface area contributed by atoms with Crippen LogP contribution < -0.4 is 0 Å². The van der Waals surface area contributed by atoms with Gasteiger partial charge in [0.15, 0.2) is 0 Å². The summed E-state index contributed by atoms with van der Waals surface area (Å²) in [6, 6.07) is 3.39. The van der Waals surface area contributed by atoms with Crippen molar-refractivity contribution < 1.29 is 12.9 Å². The molecule has 0 aromatic carbocycles. The third-order valence-electron chi connectivity index (χ3n) is 2.56. The molecule has 0 unspecified atom stereocenters. The standard InChI is InChI=1S/C11H13BrN2O3S2/c1-7-4-10(18-11(7)12)19(15,16)14(3)6-9-5-8(2)17-13-9/h4-5H,6H2,1-3H3. The summed E-state index contributed by atoms with van der Waals surface area (Å²) in [5, 5.41) is 3.80. The fourth-order valence-electron chi connectivity index (χ4n) is 1.52. The average molecular weight is 365 g/mol. The highest BCUT2D eigenvalue weighted by atomic mass is 79.9. The Morgan fingerprint density at radius 2 is 2.11 bits per heavy atom. The zero-order valence-electron chi connectivity index (χ0n) is 10.7. The van der Waals surface area contributed by atoms with Gasteiger partial charge in [0.2, 0.25) is 0 Å². The number of aryl methyl sites for hydroxylation is 2. The Morgan fingerprint density at radius 3 is 2.58 bits per heavy atom. The van der Waals surface area contributed by atoms with Crippen LogP contribution in [-0.4, -0.2) is 24.9 Å². The molecule has 19 heavy (non-hydrogen) atoms. The number of hydrogen-bond donors (Lipinski definition) is 0. The van der Waals surface area contributed by atoms with E-state index in [1.165, 1.54) is 22.7 Å². The summed E-state index contributed by atoms with van der Waals surface area (Å²) in [5.41, 5.74) is 1.50. The van der Waals surface area contributed by atoms with Crippen LogP contribution in [0.15, 0.2) is 24.7 Å². The highest BCUT2D eigenvalue weighted by Gasteiger charge is 2.24. The average Bonchev–Trinajstić information content (AvgIpc) is 2.87. The van der Waals surface area contributed by atoms with E-state index < -0.39 is 10.0 Å². The summed E-state index contributed by atoms with van der Waals surface area (Å²) in [6.07, 6.45) is 0. The monoisotopic (exact) mass is 364 g/mol. The van der Waals surface area contributed by atoms with Gasteiger partial charge in [-0.15, -0.1) is 11.3 Å². The molecule has 8 heteroatoms. The van der Waals surface area contributed by atoms with Gasteiger partial charge in [0.05, 0.1) is 16.0 Å². The topological polar surface area (TPSA) is 63.4 Å². The number of sulfonamides is 1. The summed E-state index contributed by atoms with van der Waals surface area (Å²) in [7, 11) is -1.96. The minimum Gasteiger partial charge on any atom is -0.361 e. The Hall–Kier alpha value is -0.700. The van der Waals surface area contributed by atoms with E-state index in [0.29, 0.717) is 15.7 Å². The first-order valence-electron chi connectivity index (χ1n) is 5.45. The van der Waals surface area contributed by atoms with Gasteiger partial charge in [-0.1, -0.05) is 5.16 Å².